The van der Waals surface area contributed by atoms with Gasteiger partial charge in [-0.05, 0) is 24.1 Å². The first-order valence-electron chi connectivity index (χ1n) is 9.68. The van der Waals surface area contributed by atoms with Gasteiger partial charge in [-0.2, -0.15) is 0 Å². The molecular formula is C20H30FN3O3. The standard InChI is InChI=1S/C20H30FN3O3/c1-17(25)24-11-9-22(10-12-24)15-20(26)6-8-23(16-20)14-18-2-4-19(5-3-18)27-13-7-21/h2-5,26H,6-16H2,1H3/t20-/m0/s1. The van der Waals surface area contributed by atoms with Crippen molar-refractivity contribution in [2.75, 3.05) is 59.1 Å². The number of hydrogen-bond donors (Lipinski definition) is 1. The summed E-state index contributed by atoms with van der Waals surface area (Å²) in [4.78, 5) is 17.8. The number of ether oxygens (including phenoxy) is 1. The number of carbonyl (C=O) groups is 1. The Morgan fingerprint density at radius 2 is 1.85 bits per heavy atom. The maximum atomic E-state index is 12.1. The number of aliphatic hydroxyl groups is 1. The van der Waals surface area contributed by atoms with Gasteiger partial charge in [0.25, 0.3) is 0 Å². The molecule has 1 atom stereocenters. The number of piperazine rings is 1. The molecule has 2 aliphatic rings. The molecule has 2 aliphatic heterocycles. The molecule has 1 N–H and O–H groups in total. The molecule has 2 fully saturated rings. The largest absolute Gasteiger partial charge is 0.491 e. The van der Waals surface area contributed by atoms with Gasteiger partial charge in [0.1, 0.15) is 19.0 Å². The van der Waals surface area contributed by atoms with Gasteiger partial charge >= 0.3 is 0 Å². The van der Waals surface area contributed by atoms with Crippen LogP contribution in [-0.2, 0) is 11.3 Å². The number of amides is 1. The van der Waals surface area contributed by atoms with Crippen molar-refractivity contribution < 1.29 is 19.0 Å². The van der Waals surface area contributed by atoms with E-state index in [1.54, 1.807) is 6.92 Å². The molecule has 7 heteroatoms. The van der Waals surface area contributed by atoms with E-state index in [1.807, 2.05) is 29.2 Å². The Kier molecular flexibility index (Phi) is 6.68. The third-order valence-electron chi connectivity index (χ3n) is 5.42. The van der Waals surface area contributed by atoms with Gasteiger partial charge in [-0.25, -0.2) is 4.39 Å². The summed E-state index contributed by atoms with van der Waals surface area (Å²) < 4.78 is 17.4. The molecule has 0 saturated carbocycles. The van der Waals surface area contributed by atoms with Crippen LogP contribution in [0.5, 0.6) is 5.75 Å². The van der Waals surface area contributed by atoms with Gasteiger partial charge in [0.15, 0.2) is 0 Å². The molecule has 1 amide bonds. The zero-order valence-electron chi connectivity index (χ0n) is 16.1. The fraction of sp³-hybridized carbons (Fsp3) is 0.650. The zero-order chi connectivity index (χ0) is 19.3. The Bertz CT molecular complexity index is 619. The van der Waals surface area contributed by atoms with E-state index >= 15 is 0 Å². The van der Waals surface area contributed by atoms with E-state index in [2.05, 4.69) is 9.80 Å². The molecule has 0 bridgehead atoms. The predicted octanol–water partition coefficient (Wildman–Crippen LogP) is 1.14. The summed E-state index contributed by atoms with van der Waals surface area (Å²) in [5.41, 5.74) is 0.463. The van der Waals surface area contributed by atoms with Crippen LogP contribution in [0, 0.1) is 0 Å². The van der Waals surface area contributed by atoms with Crippen molar-refractivity contribution in [2.24, 2.45) is 0 Å². The monoisotopic (exact) mass is 379 g/mol. The van der Waals surface area contributed by atoms with Crippen molar-refractivity contribution in [3.05, 3.63) is 29.8 Å². The molecule has 6 nitrogen and oxygen atoms in total. The minimum atomic E-state index is -0.692. The lowest BCUT2D eigenvalue weighted by Gasteiger charge is -2.38. The Labute approximate surface area is 160 Å². The third-order valence-corrected chi connectivity index (χ3v) is 5.42. The molecule has 2 heterocycles. The summed E-state index contributed by atoms with van der Waals surface area (Å²) >= 11 is 0. The third kappa shape index (κ3) is 5.64. The Morgan fingerprint density at radius 3 is 2.48 bits per heavy atom. The first-order chi connectivity index (χ1) is 13.0. The van der Waals surface area contributed by atoms with Crippen molar-refractivity contribution in [3.63, 3.8) is 0 Å². The minimum Gasteiger partial charge on any atom is -0.491 e. The van der Waals surface area contributed by atoms with Crippen LogP contribution in [0.25, 0.3) is 0 Å². The summed E-state index contributed by atoms with van der Waals surface area (Å²) in [6.45, 7) is 7.29. The lowest BCUT2D eigenvalue weighted by atomic mass is 10.0. The van der Waals surface area contributed by atoms with Gasteiger partial charge in [-0.15, -0.1) is 0 Å². The molecule has 0 spiro atoms. The average Bonchev–Trinajstić information content (AvgIpc) is 3.02. The predicted molar refractivity (Wildman–Crippen MR) is 101 cm³/mol. The maximum absolute atomic E-state index is 12.1. The number of benzene rings is 1. The van der Waals surface area contributed by atoms with Gasteiger partial charge in [-0.1, -0.05) is 12.1 Å². The quantitative estimate of drug-likeness (QED) is 0.770. The molecule has 0 aliphatic carbocycles. The van der Waals surface area contributed by atoms with E-state index in [4.69, 9.17) is 4.74 Å². The van der Waals surface area contributed by atoms with Crippen molar-refractivity contribution in [3.8, 4) is 5.75 Å². The van der Waals surface area contributed by atoms with E-state index in [-0.39, 0.29) is 12.5 Å². The molecule has 0 radical (unpaired) electrons. The summed E-state index contributed by atoms with van der Waals surface area (Å²) in [5.74, 6) is 0.806. The Hall–Kier alpha value is -1.70. The summed E-state index contributed by atoms with van der Waals surface area (Å²) in [7, 11) is 0. The number of alkyl halides is 1. The molecule has 1 aromatic rings. The Balaban J connectivity index is 1.45. The number of β-amino-alcohol motifs (C(OH)–C–C–N with tert-alkyl or cyclic N) is 1. The van der Waals surface area contributed by atoms with Crippen LogP contribution in [-0.4, -0.2) is 90.4 Å². The van der Waals surface area contributed by atoms with Crippen LogP contribution >= 0.6 is 0 Å². The first-order valence-corrected chi connectivity index (χ1v) is 9.68. The second-order valence-corrected chi connectivity index (χ2v) is 7.65. The van der Waals surface area contributed by atoms with Crippen LogP contribution in [0.15, 0.2) is 24.3 Å². The molecule has 2 saturated heterocycles. The summed E-state index contributed by atoms with van der Waals surface area (Å²) in [5, 5.41) is 11.0. The highest BCUT2D eigenvalue weighted by molar-refractivity contribution is 5.73. The van der Waals surface area contributed by atoms with Crippen molar-refractivity contribution in [2.45, 2.75) is 25.5 Å². The van der Waals surface area contributed by atoms with E-state index in [0.717, 1.165) is 51.3 Å². The smallest absolute Gasteiger partial charge is 0.219 e. The van der Waals surface area contributed by atoms with E-state index < -0.39 is 12.3 Å². The van der Waals surface area contributed by atoms with Crippen molar-refractivity contribution >= 4 is 5.91 Å². The number of halogens is 1. The fourth-order valence-electron chi connectivity index (χ4n) is 3.95. The van der Waals surface area contributed by atoms with Gasteiger partial charge in [-0.3, -0.25) is 14.6 Å². The molecule has 3 rings (SSSR count). The number of carbonyl (C=O) groups excluding carboxylic acids is 1. The molecular weight excluding hydrogens is 349 g/mol. The van der Waals surface area contributed by atoms with Gasteiger partial charge in [0.2, 0.25) is 5.91 Å². The van der Waals surface area contributed by atoms with Gasteiger partial charge in [0.05, 0.1) is 5.60 Å². The lowest BCUT2D eigenvalue weighted by molar-refractivity contribution is -0.130. The van der Waals surface area contributed by atoms with Crippen LogP contribution in [0.4, 0.5) is 4.39 Å². The highest BCUT2D eigenvalue weighted by atomic mass is 19.1. The molecule has 1 aromatic carbocycles. The SMILES string of the molecule is CC(=O)N1CCN(C[C@@]2(O)CCN(Cc3ccc(OCCF)cc3)C2)CC1. The lowest BCUT2D eigenvalue weighted by Crippen LogP contribution is -2.53. The molecule has 0 unspecified atom stereocenters. The van der Waals surface area contributed by atoms with Crippen LogP contribution in [0.1, 0.15) is 18.9 Å². The topological polar surface area (TPSA) is 56.2 Å². The highest BCUT2D eigenvalue weighted by Crippen LogP contribution is 2.25. The zero-order valence-corrected chi connectivity index (χ0v) is 16.1. The second kappa shape index (κ2) is 8.99. The van der Waals surface area contributed by atoms with Gasteiger partial charge < -0.3 is 14.7 Å². The summed E-state index contributed by atoms with van der Waals surface area (Å²) in [6, 6.07) is 7.71. The number of likely N-dealkylation sites (tertiary alicyclic amines) is 1. The average molecular weight is 379 g/mol. The van der Waals surface area contributed by atoms with Crippen LogP contribution < -0.4 is 4.74 Å². The Morgan fingerprint density at radius 1 is 1.15 bits per heavy atom. The fourth-order valence-corrected chi connectivity index (χ4v) is 3.95. The number of rotatable bonds is 7. The van der Waals surface area contributed by atoms with E-state index in [1.165, 1.54) is 0 Å². The normalized spacial score (nSPS) is 24.3. The molecule has 0 aromatic heterocycles. The van der Waals surface area contributed by atoms with Crippen molar-refractivity contribution in [1.82, 2.24) is 14.7 Å². The molecule has 27 heavy (non-hydrogen) atoms. The van der Waals surface area contributed by atoms with Gasteiger partial charge in [0, 0.05) is 59.3 Å². The van der Waals surface area contributed by atoms with E-state index in [9.17, 15) is 14.3 Å². The van der Waals surface area contributed by atoms with Crippen LogP contribution in [0.2, 0.25) is 0 Å². The molecule has 150 valence electrons. The summed E-state index contributed by atoms with van der Waals surface area (Å²) in [6.07, 6.45) is 0.762. The number of hydrogen-bond acceptors (Lipinski definition) is 5. The second-order valence-electron chi connectivity index (χ2n) is 7.65. The minimum absolute atomic E-state index is 0.0825. The van der Waals surface area contributed by atoms with E-state index in [0.29, 0.717) is 18.8 Å². The van der Waals surface area contributed by atoms with Crippen LogP contribution in [0.3, 0.4) is 0 Å². The maximum Gasteiger partial charge on any atom is 0.219 e. The number of nitrogens with zero attached hydrogens (tertiary/aromatic N) is 3. The first kappa shape index (κ1) is 20.0. The van der Waals surface area contributed by atoms with Crippen molar-refractivity contribution in [1.29, 1.82) is 0 Å². The highest BCUT2D eigenvalue weighted by Gasteiger charge is 2.38.